The highest BCUT2D eigenvalue weighted by atomic mass is 35.5. The first-order valence-corrected chi connectivity index (χ1v) is 13.6. The van der Waals surface area contributed by atoms with E-state index in [1.54, 1.807) is 12.1 Å². The standard InChI is InChI=1S/C32H35ClN2O4/c1-20(2)28(30(37)35-15-14-27(32(3,4)19-35)22-10-12-26(33)13-11-22)34-29(36)24-16-23(17-25(18-24)31(38)39)21-8-6-5-7-9-21/h5-13,16-18,20,27-28H,14-15,19H2,1-4H3,(H,34,36)(H,38,39)/t27?,28-/m1/s1. The van der Waals surface area contributed by atoms with Crippen molar-refractivity contribution in [3.63, 3.8) is 0 Å². The summed E-state index contributed by atoms with van der Waals surface area (Å²) in [5, 5.41) is 13.3. The van der Waals surface area contributed by atoms with Gasteiger partial charge in [-0.15, -0.1) is 0 Å². The van der Waals surface area contributed by atoms with Crippen molar-refractivity contribution in [2.45, 2.75) is 46.1 Å². The summed E-state index contributed by atoms with van der Waals surface area (Å²) >= 11 is 6.08. The fourth-order valence-corrected chi connectivity index (χ4v) is 5.60. The molecule has 1 aliphatic rings. The molecule has 2 atom stereocenters. The number of carboxylic acid groups (broad SMARTS) is 1. The smallest absolute Gasteiger partial charge is 0.335 e. The molecule has 1 aliphatic heterocycles. The predicted octanol–water partition coefficient (Wildman–Crippen LogP) is 6.50. The molecule has 0 spiro atoms. The monoisotopic (exact) mass is 546 g/mol. The molecule has 0 saturated carbocycles. The highest BCUT2D eigenvalue weighted by Crippen LogP contribution is 2.42. The second-order valence-corrected chi connectivity index (χ2v) is 11.7. The Balaban J connectivity index is 1.54. The molecule has 1 fully saturated rings. The van der Waals surface area contributed by atoms with E-state index in [0.717, 1.165) is 12.0 Å². The summed E-state index contributed by atoms with van der Waals surface area (Å²) in [4.78, 5) is 40.8. The zero-order chi connectivity index (χ0) is 28.3. The van der Waals surface area contributed by atoms with Gasteiger partial charge in [-0.05, 0) is 70.7 Å². The van der Waals surface area contributed by atoms with Crippen LogP contribution in [0.1, 0.15) is 66.3 Å². The number of rotatable bonds is 7. The van der Waals surface area contributed by atoms with Gasteiger partial charge in [0.05, 0.1) is 5.56 Å². The van der Waals surface area contributed by atoms with Crippen molar-refractivity contribution < 1.29 is 19.5 Å². The molecule has 3 aromatic carbocycles. The number of piperidine rings is 1. The van der Waals surface area contributed by atoms with Crippen LogP contribution in [0.25, 0.3) is 11.1 Å². The molecule has 1 heterocycles. The van der Waals surface area contributed by atoms with E-state index in [4.69, 9.17) is 11.6 Å². The van der Waals surface area contributed by atoms with Crippen LogP contribution in [0.5, 0.6) is 0 Å². The summed E-state index contributed by atoms with van der Waals surface area (Å²) in [6.45, 7) is 9.27. The second-order valence-electron chi connectivity index (χ2n) is 11.3. The number of carboxylic acids is 1. The molecule has 4 rings (SSSR count). The summed E-state index contributed by atoms with van der Waals surface area (Å²) < 4.78 is 0. The quantitative estimate of drug-likeness (QED) is 0.354. The SMILES string of the molecule is CC(C)[C@@H](NC(=O)c1cc(C(=O)O)cc(-c2ccccc2)c1)C(=O)N1CCC(c2ccc(Cl)cc2)C(C)(C)C1. The minimum absolute atomic E-state index is 0.0138. The van der Waals surface area contributed by atoms with E-state index in [0.29, 0.717) is 23.7 Å². The Morgan fingerprint density at radius 3 is 2.18 bits per heavy atom. The summed E-state index contributed by atoms with van der Waals surface area (Å²) in [6, 6.07) is 21.0. The van der Waals surface area contributed by atoms with Crippen molar-refractivity contribution in [3.05, 3.63) is 94.5 Å². The number of hydrogen-bond acceptors (Lipinski definition) is 3. The third-order valence-electron chi connectivity index (χ3n) is 7.58. The molecule has 39 heavy (non-hydrogen) atoms. The molecule has 204 valence electrons. The maximum Gasteiger partial charge on any atom is 0.335 e. The van der Waals surface area contributed by atoms with Crippen molar-refractivity contribution in [1.29, 1.82) is 0 Å². The molecule has 3 aromatic rings. The van der Waals surface area contributed by atoms with Gasteiger partial charge in [0.1, 0.15) is 6.04 Å². The minimum atomic E-state index is -1.12. The lowest BCUT2D eigenvalue weighted by molar-refractivity contribution is -0.137. The number of nitrogens with one attached hydrogen (secondary N) is 1. The number of benzene rings is 3. The molecule has 7 heteroatoms. The summed E-state index contributed by atoms with van der Waals surface area (Å²) in [5.74, 6) is -1.60. The van der Waals surface area contributed by atoms with Crippen molar-refractivity contribution in [1.82, 2.24) is 10.2 Å². The lowest BCUT2D eigenvalue weighted by Crippen LogP contribution is -2.55. The van der Waals surface area contributed by atoms with Crippen LogP contribution in [0.15, 0.2) is 72.8 Å². The van der Waals surface area contributed by atoms with Crippen LogP contribution in [0.2, 0.25) is 5.02 Å². The number of halogens is 1. The van der Waals surface area contributed by atoms with Crippen LogP contribution in [-0.4, -0.2) is 46.9 Å². The maximum absolute atomic E-state index is 13.7. The van der Waals surface area contributed by atoms with Gasteiger partial charge in [-0.1, -0.05) is 81.8 Å². The van der Waals surface area contributed by atoms with Crippen LogP contribution in [0.3, 0.4) is 0 Å². The third kappa shape index (κ3) is 6.51. The van der Waals surface area contributed by atoms with Gasteiger partial charge in [-0.3, -0.25) is 9.59 Å². The predicted molar refractivity (Wildman–Crippen MR) is 154 cm³/mol. The van der Waals surface area contributed by atoms with Gasteiger partial charge >= 0.3 is 5.97 Å². The number of hydrogen-bond donors (Lipinski definition) is 2. The van der Waals surface area contributed by atoms with E-state index in [1.165, 1.54) is 11.6 Å². The lowest BCUT2D eigenvalue weighted by atomic mass is 9.70. The normalized spacial score (nSPS) is 17.5. The highest BCUT2D eigenvalue weighted by molar-refractivity contribution is 6.30. The Morgan fingerprint density at radius 2 is 1.59 bits per heavy atom. The first-order valence-electron chi connectivity index (χ1n) is 13.2. The molecule has 2 N–H and O–H groups in total. The second kappa shape index (κ2) is 11.6. The summed E-state index contributed by atoms with van der Waals surface area (Å²) in [6.07, 6.45) is 0.806. The number of nitrogens with zero attached hydrogens (tertiary/aromatic N) is 1. The number of likely N-dealkylation sites (tertiary alicyclic amines) is 1. The Morgan fingerprint density at radius 1 is 0.949 bits per heavy atom. The molecule has 6 nitrogen and oxygen atoms in total. The van der Waals surface area contributed by atoms with E-state index in [-0.39, 0.29) is 34.3 Å². The zero-order valence-electron chi connectivity index (χ0n) is 22.8. The fraction of sp³-hybridized carbons (Fsp3) is 0.344. The fourth-order valence-electron chi connectivity index (χ4n) is 5.47. The van der Waals surface area contributed by atoms with E-state index in [1.807, 2.05) is 61.2 Å². The van der Waals surface area contributed by atoms with Gasteiger partial charge in [0, 0.05) is 23.7 Å². The molecule has 0 bridgehead atoms. The van der Waals surface area contributed by atoms with Gasteiger partial charge < -0.3 is 15.3 Å². The number of carbonyl (C=O) groups excluding carboxylic acids is 2. The molecule has 1 unspecified atom stereocenters. The Kier molecular flexibility index (Phi) is 8.45. The average molecular weight is 547 g/mol. The molecule has 2 amide bonds. The van der Waals surface area contributed by atoms with Gasteiger partial charge in [0.25, 0.3) is 5.91 Å². The summed E-state index contributed by atoms with van der Waals surface area (Å²) in [7, 11) is 0. The topological polar surface area (TPSA) is 86.7 Å². The van der Waals surface area contributed by atoms with Crippen molar-refractivity contribution in [2.24, 2.45) is 11.3 Å². The van der Waals surface area contributed by atoms with E-state index in [2.05, 4.69) is 31.3 Å². The van der Waals surface area contributed by atoms with Gasteiger partial charge in [-0.2, -0.15) is 0 Å². The third-order valence-corrected chi connectivity index (χ3v) is 7.83. The first-order chi connectivity index (χ1) is 18.5. The Bertz CT molecular complexity index is 1350. The van der Waals surface area contributed by atoms with Crippen LogP contribution >= 0.6 is 11.6 Å². The molecule has 0 aromatic heterocycles. The first kappa shape index (κ1) is 28.4. The molecule has 0 radical (unpaired) electrons. The minimum Gasteiger partial charge on any atom is -0.478 e. The average Bonchev–Trinajstić information content (AvgIpc) is 2.91. The highest BCUT2D eigenvalue weighted by Gasteiger charge is 2.40. The Hall–Kier alpha value is -3.64. The van der Waals surface area contributed by atoms with E-state index < -0.39 is 17.9 Å². The van der Waals surface area contributed by atoms with Crippen LogP contribution < -0.4 is 5.32 Å². The van der Waals surface area contributed by atoms with E-state index >= 15 is 0 Å². The van der Waals surface area contributed by atoms with E-state index in [9.17, 15) is 19.5 Å². The van der Waals surface area contributed by atoms with Crippen molar-refractivity contribution >= 4 is 29.4 Å². The largest absolute Gasteiger partial charge is 0.478 e. The molecule has 1 saturated heterocycles. The molecule has 0 aliphatic carbocycles. The molecular formula is C32H35ClN2O4. The van der Waals surface area contributed by atoms with Crippen LogP contribution in [0.4, 0.5) is 0 Å². The van der Waals surface area contributed by atoms with Crippen molar-refractivity contribution in [2.75, 3.05) is 13.1 Å². The number of amides is 2. The molecular weight excluding hydrogens is 512 g/mol. The van der Waals surface area contributed by atoms with Crippen LogP contribution in [-0.2, 0) is 4.79 Å². The van der Waals surface area contributed by atoms with Crippen molar-refractivity contribution in [3.8, 4) is 11.1 Å². The van der Waals surface area contributed by atoms with Gasteiger partial charge in [0.15, 0.2) is 0 Å². The number of aromatic carboxylic acids is 1. The van der Waals surface area contributed by atoms with Crippen LogP contribution in [0, 0.1) is 11.3 Å². The Labute approximate surface area is 235 Å². The zero-order valence-corrected chi connectivity index (χ0v) is 23.5. The maximum atomic E-state index is 13.7. The van der Waals surface area contributed by atoms with Gasteiger partial charge in [0.2, 0.25) is 5.91 Å². The van der Waals surface area contributed by atoms with Gasteiger partial charge in [-0.25, -0.2) is 4.79 Å². The summed E-state index contributed by atoms with van der Waals surface area (Å²) in [5.41, 5.74) is 2.68. The lowest BCUT2D eigenvalue weighted by Gasteiger charge is -2.45. The number of carbonyl (C=O) groups is 3.